The van der Waals surface area contributed by atoms with E-state index < -0.39 is 0 Å². The minimum absolute atomic E-state index is 0.173. The van der Waals surface area contributed by atoms with Gasteiger partial charge in [0.1, 0.15) is 5.82 Å². The molecular weight excluding hydrogens is 233 g/mol. The number of hydrogen-bond donors (Lipinski definition) is 1. The van der Waals surface area contributed by atoms with Crippen molar-refractivity contribution in [2.75, 3.05) is 33.5 Å². The smallest absolute Gasteiger partial charge is 0.123 e. The lowest BCUT2D eigenvalue weighted by molar-refractivity contribution is 0.0710. The molecule has 0 amide bonds. The Bertz CT molecular complexity index is 333. The van der Waals surface area contributed by atoms with Crippen LogP contribution in [0.15, 0.2) is 24.3 Å². The van der Waals surface area contributed by atoms with Crippen LogP contribution in [0, 0.1) is 5.82 Å². The number of rotatable bonds is 9. The molecule has 0 bridgehead atoms. The van der Waals surface area contributed by atoms with Crippen molar-refractivity contribution in [2.24, 2.45) is 0 Å². The number of halogens is 1. The molecule has 0 fully saturated rings. The molecule has 0 aromatic heterocycles. The highest BCUT2D eigenvalue weighted by atomic mass is 19.1. The van der Waals surface area contributed by atoms with E-state index in [0.717, 1.165) is 18.5 Å². The first-order chi connectivity index (χ1) is 8.77. The molecular formula is C14H22FNO2. The number of ether oxygens (including phenoxy) is 2. The molecule has 1 unspecified atom stereocenters. The van der Waals surface area contributed by atoms with Crippen LogP contribution in [0.25, 0.3) is 0 Å². The third-order valence-electron chi connectivity index (χ3n) is 2.73. The summed E-state index contributed by atoms with van der Waals surface area (Å²) in [5.74, 6) is -0.191. The summed E-state index contributed by atoms with van der Waals surface area (Å²) in [7, 11) is 1.65. The molecule has 1 aromatic carbocycles. The lowest BCUT2D eigenvalue weighted by Gasteiger charge is -2.17. The van der Waals surface area contributed by atoms with E-state index in [4.69, 9.17) is 9.47 Å². The molecule has 0 aliphatic rings. The summed E-state index contributed by atoms with van der Waals surface area (Å²) in [6.07, 6.45) is 0.918. The SMILES string of the molecule is CCC(NCCOCCOC)c1cccc(F)c1. The van der Waals surface area contributed by atoms with Gasteiger partial charge in [0, 0.05) is 19.7 Å². The lowest BCUT2D eigenvalue weighted by atomic mass is 10.0. The zero-order valence-corrected chi connectivity index (χ0v) is 11.1. The second-order valence-electron chi connectivity index (χ2n) is 4.08. The van der Waals surface area contributed by atoms with Crippen LogP contribution in [0.1, 0.15) is 24.9 Å². The molecule has 3 nitrogen and oxygen atoms in total. The van der Waals surface area contributed by atoms with E-state index in [1.54, 1.807) is 19.2 Å². The second kappa shape index (κ2) is 9.03. The maximum Gasteiger partial charge on any atom is 0.123 e. The van der Waals surface area contributed by atoms with Crippen molar-refractivity contribution in [3.8, 4) is 0 Å². The molecule has 102 valence electrons. The Morgan fingerprint density at radius 3 is 2.78 bits per heavy atom. The Morgan fingerprint density at radius 2 is 2.11 bits per heavy atom. The molecule has 4 heteroatoms. The van der Waals surface area contributed by atoms with Gasteiger partial charge in [0.25, 0.3) is 0 Å². The summed E-state index contributed by atoms with van der Waals surface area (Å²) < 4.78 is 23.4. The topological polar surface area (TPSA) is 30.5 Å². The van der Waals surface area contributed by atoms with Gasteiger partial charge in [-0.1, -0.05) is 19.1 Å². The summed E-state index contributed by atoms with van der Waals surface area (Å²) in [6.45, 7) is 4.68. The van der Waals surface area contributed by atoms with Gasteiger partial charge in [-0.15, -0.1) is 0 Å². The molecule has 1 N–H and O–H groups in total. The number of methoxy groups -OCH3 is 1. The van der Waals surface area contributed by atoms with E-state index in [0.29, 0.717) is 19.8 Å². The van der Waals surface area contributed by atoms with Gasteiger partial charge in [0.05, 0.1) is 19.8 Å². The van der Waals surface area contributed by atoms with Crippen LogP contribution in [-0.2, 0) is 9.47 Å². The van der Waals surface area contributed by atoms with Gasteiger partial charge in [-0.05, 0) is 24.1 Å². The van der Waals surface area contributed by atoms with Crippen LogP contribution < -0.4 is 5.32 Å². The van der Waals surface area contributed by atoms with Gasteiger partial charge in [-0.2, -0.15) is 0 Å². The monoisotopic (exact) mass is 255 g/mol. The Labute approximate surface area is 108 Å². The summed E-state index contributed by atoms with van der Waals surface area (Å²) >= 11 is 0. The van der Waals surface area contributed by atoms with Gasteiger partial charge in [-0.25, -0.2) is 4.39 Å². The Morgan fingerprint density at radius 1 is 1.28 bits per heavy atom. The van der Waals surface area contributed by atoms with Crippen LogP contribution in [-0.4, -0.2) is 33.5 Å². The number of benzene rings is 1. The average Bonchev–Trinajstić information content (AvgIpc) is 2.38. The molecule has 0 radical (unpaired) electrons. The fraction of sp³-hybridized carbons (Fsp3) is 0.571. The fourth-order valence-electron chi connectivity index (χ4n) is 1.77. The summed E-state index contributed by atoms with van der Waals surface area (Å²) in [5.41, 5.74) is 0.981. The molecule has 0 saturated carbocycles. The van der Waals surface area contributed by atoms with E-state index in [-0.39, 0.29) is 11.9 Å². The van der Waals surface area contributed by atoms with Crippen molar-refractivity contribution in [3.63, 3.8) is 0 Å². The molecule has 1 atom stereocenters. The predicted octanol–water partition coefficient (Wildman–Crippen LogP) is 2.53. The van der Waals surface area contributed by atoms with Crippen LogP contribution in [0.3, 0.4) is 0 Å². The minimum atomic E-state index is -0.191. The van der Waals surface area contributed by atoms with Gasteiger partial charge in [0.2, 0.25) is 0 Å². The Hall–Kier alpha value is -0.970. The van der Waals surface area contributed by atoms with Crippen molar-refractivity contribution >= 4 is 0 Å². The molecule has 0 saturated heterocycles. The molecule has 1 rings (SSSR count). The predicted molar refractivity (Wildman–Crippen MR) is 70.1 cm³/mol. The van der Waals surface area contributed by atoms with E-state index in [9.17, 15) is 4.39 Å². The van der Waals surface area contributed by atoms with E-state index in [1.165, 1.54) is 6.07 Å². The Balaban J connectivity index is 2.29. The zero-order valence-electron chi connectivity index (χ0n) is 11.1. The first-order valence-corrected chi connectivity index (χ1v) is 6.33. The van der Waals surface area contributed by atoms with E-state index >= 15 is 0 Å². The molecule has 0 aliphatic carbocycles. The van der Waals surface area contributed by atoms with Crippen LogP contribution in [0.2, 0.25) is 0 Å². The van der Waals surface area contributed by atoms with E-state index in [2.05, 4.69) is 12.2 Å². The Kier molecular flexibility index (Phi) is 7.57. The highest BCUT2D eigenvalue weighted by Gasteiger charge is 2.08. The molecule has 18 heavy (non-hydrogen) atoms. The largest absolute Gasteiger partial charge is 0.382 e. The van der Waals surface area contributed by atoms with Crippen molar-refractivity contribution in [1.82, 2.24) is 5.32 Å². The van der Waals surface area contributed by atoms with Crippen molar-refractivity contribution in [1.29, 1.82) is 0 Å². The fourth-order valence-corrected chi connectivity index (χ4v) is 1.77. The van der Waals surface area contributed by atoms with Crippen LogP contribution in [0.4, 0.5) is 4.39 Å². The van der Waals surface area contributed by atoms with Crippen molar-refractivity contribution in [2.45, 2.75) is 19.4 Å². The first kappa shape index (κ1) is 15.1. The maximum absolute atomic E-state index is 13.1. The van der Waals surface area contributed by atoms with Gasteiger partial charge in [0.15, 0.2) is 0 Å². The summed E-state index contributed by atoms with van der Waals surface area (Å²) in [5, 5.41) is 3.36. The maximum atomic E-state index is 13.1. The molecule has 1 aromatic rings. The standard InChI is InChI=1S/C14H22FNO2/c1-3-14(12-5-4-6-13(15)11-12)16-7-8-18-10-9-17-2/h4-6,11,14,16H,3,7-10H2,1-2H3. The molecule has 0 heterocycles. The van der Waals surface area contributed by atoms with E-state index in [1.807, 2.05) is 6.07 Å². The van der Waals surface area contributed by atoms with Crippen LogP contribution >= 0.6 is 0 Å². The summed E-state index contributed by atoms with van der Waals surface area (Å²) in [6, 6.07) is 6.89. The number of nitrogens with one attached hydrogen (secondary N) is 1. The average molecular weight is 255 g/mol. The number of hydrogen-bond acceptors (Lipinski definition) is 3. The summed E-state index contributed by atoms with van der Waals surface area (Å²) in [4.78, 5) is 0. The molecule has 0 aliphatic heterocycles. The third kappa shape index (κ3) is 5.58. The third-order valence-corrected chi connectivity index (χ3v) is 2.73. The highest BCUT2D eigenvalue weighted by Crippen LogP contribution is 2.16. The van der Waals surface area contributed by atoms with Gasteiger partial charge in [-0.3, -0.25) is 0 Å². The normalized spacial score (nSPS) is 12.6. The van der Waals surface area contributed by atoms with Crippen LogP contribution in [0.5, 0.6) is 0 Å². The minimum Gasteiger partial charge on any atom is -0.382 e. The molecule has 0 spiro atoms. The highest BCUT2D eigenvalue weighted by molar-refractivity contribution is 5.19. The van der Waals surface area contributed by atoms with Gasteiger partial charge >= 0.3 is 0 Å². The van der Waals surface area contributed by atoms with Gasteiger partial charge < -0.3 is 14.8 Å². The first-order valence-electron chi connectivity index (χ1n) is 6.33. The van der Waals surface area contributed by atoms with Crippen molar-refractivity contribution in [3.05, 3.63) is 35.6 Å². The van der Waals surface area contributed by atoms with Crippen molar-refractivity contribution < 1.29 is 13.9 Å². The zero-order chi connectivity index (χ0) is 13.2. The lowest BCUT2D eigenvalue weighted by Crippen LogP contribution is -2.25. The quantitative estimate of drug-likeness (QED) is 0.688. The second-order valence-corrected chi connectivity index (χ2v) is 4.08.